The molecule has 0 aliphatic carbocycles. The van der Waals surface area contributed by atoms with E-state index >= 15 is 0 Å². The Kier molecular flexibility index (Phi) is 6.38. The van der Waals surface area contributed by atoms with Gasteiger partial charge < -0.3 is 10.0 Å². The van der Waals surface area contributed by atoms with E-state index in [1.807, 2.05) is 0 Å². The zero-order valence-electron chi connectivity index (χ0n) is 17.1. The van der Waals surface area contributed by atoms with Crippen molar-refractivity contribution in [3.8, 4) is 11.1 Å². The number of aryl methyl sites for hydroxylation is 2. The van der Waals surface area contributed by atoms with E-state index in [9.17, 15) is 5.11 Å². The molecular weight excluding hydrogens is 402 g/mol. The molecule has 0 spiro atoms. The number of aromatic nitrogens is 2. The number of thiophene rings is 1. The molecule has 29 heavy (non-hydrogen) atoms. The van der Waals surface area contributed by atoms with Gasteiger partial charge in [0.1, 0.15) is 10.6 Å². The molecule has 0 bridgehead atoms. The summed E-state index contributed by atoms with van der Waals surface area (Å²) in [6.45, 7) is 5.51. The van der Waals surface area contributed by atoms with Crippen LogP contribution in [0, 0.1) is 0 Å². The van der Waals surface area contributed by atoms with E-state index in [4.69, 9.17) is 16.6 Å². The first-order valence-electron chi connectivity index (χ1n) is 10.6. The quantitative estimate of drug-likeness (QED) is 0.497. The Morgan fingerprint density at radius 2 is 1.93 bits per heavy atom. The molecule has 6 heteroatoms. The summed E-state index contributed by atoms with van der Waals surface area (Å²) >= 11 is 8.09. The molecule has 3 heterocycles. The minimum atomic E-state index is 0.193. The third-order valence-electron chi connectivity index (χ3n) is 5.91. The van der Waals surface area contributed by atoms with Crippen LogP contribution in [0.1, 0.15) is 50.0 Å². The summed E-state index contributed by atoms with van der Waals surface area (Å²) in [5.74, 6) is 0.934. The zero-order chi connectivity index (χ0) is 20.4. The van der Waals surface area contributed by atoms with Crippen LogP contribution in [-0.4, -0.2) is 34.3 Å². The maximum Gasteiger partial charge on any atom is 0.225 e. The van der Waals surface area contributed by atoms with Crippen LogP contribution in [-0.2, 0) is 12.8 Å². The lowest BCUT2D eigenvalue weighted by Crippen LogP contribution is -2.40. The highest BCUT2D eigenvalue weighted by Crippen LogP contribution is 2.44. The van der Waals surface area contributed by atoms with Gasteiger partial charge in [-0.1, -0.05) is 38.1 Å². The summed E-state index contributed by atoms with van der Waals surface area (Å²) in [7, 11) is 0. The SMILES string of the molecule is CCc1ccc(-c2c(CC)sc3nc(Cl)nc(N4CCCCC4CCO)c23)cc1. The third-order valence-corrected chi connectivity index (χ3v) is 7.31. The molecule has 1 atom stereocenters. The van der Waals surface area contributed by atoms with Gasteiger partial charge in [0.15, 0.2) is 0 Å². The molecular formula is C23H28ClN3OS. The fourth-order valence-electron chi connectivity index (χ4n) is 4.40. The molecule has 154 valence electrons. The second-order valence-electron chi connectivity index (χ2n) is 7.66. The van der Waals surface area contributed by atoms with Gasteiger partial charge in [0, 0.05) is 29.6 Å². The monoisotopic (exact) mass is 429 g/mol. The Hall–Kier alpha value is -1.69. The first-order chi connectivity index (χ1) is 14.2. The molecule has 1 aromatic carbocycles. The molecule has 0 saturated carbocycles. The van der Waals surface area contributed by atoms with Gasteiger partial charge in [-0.25, -0.2) is 4.98 Å². The number of hydrogen-bond donors (Lipinski definition) is 1. The smallest absolute Gasteiger partial charge is 0.225 e. The zero-order valence-corrected chi connectivity index (χ0v) is 18.7. The van der Waals surface area contributed by atoms with Crippen LogP contribution in [0.25, 0.3) is 21.3 Å². The molecule has 3 aromatic rings. The van der Waals surface area contributed by atoms with Crippen LogP contribution in [0.3, 0.4) is 0 Å². The highest BCUT2D eigenvalue weighted by Gasteiger charge is 2.28. The van der Waals surface area contributed by atoms with Crippen molar-refractivity contribution in [3.05, 3.63) is 40.0 Å². The molecule has 2 aromatic heterocycles. The molecule has 1 saturated heterocycles. The van der Waals surface area contributed by atoms with Crippen molar-refractivity contribution in [2.24, 2.45) is 0 Å². The van der Waals surface area contributed by atoms with E-state index < -0.39 is 0 Å². The minimum absolute atomic E-state index is 0.193. The van der Waals surface area contributed by atoms with E-state index in [1.165, 1.54) is 28.0 Å². The minimum Gasteiger partial charge on any atom is -0.396 e. The van der Waals surface area contributed by atoms with Crippen LogP contribution in [0.2, 0.25) is 5.28 Å². The molecule has 1 fully saturated rings. The summed E-state index contributed by atoms with van der Waals surface area (Å²) in [5, 5.41) is 11.0. The first kappa shape index (κ1) is 20.6. The molecule has 1 aliphatic rings. The predicted octanol–water partition coefficient (Wildman–Crippen LogP) is 5.88. The molecule has 1 unspecified atom stereocenters. The van der Waals surface area contributed by atoms with Crippen molar-refractivity contribution >= 4 is 39.0 Å². The van der Waals surface area contributed by atoms with Crippen molar-refractivity contribution in [1.29, 1.82) is 0 Å². The fraction of sp³-hybridized carbons (Fsp3) is 0.478. The molecule has 0 radical (unpaired) electrons. The van der Waals surface area contributed by atoms with Gasteiger partial charge in [-0.2, -0.15) is 4.98 Å². The fourth-order valence-corrected chi connectivity index (χ4v) is 5.74. The van der Waals surface area contributed by atoms with Crippen molar-refractivity contribution in [2.45, 2.75) is 58.4 Å². The van der Waals surface area contributed by atoms with Gasteiger partial charge in [0.05, 0.1) is 5.39 Å². The van der Waals surface area contributed by atoms with E-state index in [2.05, 4.69) is 48.0 Å². The summed E-state index contributed by atoms with van der Waals surface area (Å²) in [6.07, 6.45) is 6.15. The number of piperidine rings is 1. The predicted molar refractivity (Wildman–Crippen MR) is 123 cm³/mol. The summed E-state index contributed by atoms with van der Waals surface area (Å²) < 4.78 is 0. The van der Waals surface area contributed by atoms with Gasteiger partial charge in [-0.15, -0.1) is 11.3 Å². The molecule has 1 aliphatic heterocycles. The summed E-state index contributed by atoms with van der Waals surface area (Å²) in [5.41, 5.74) is 3.80. The van der Waals surface area contributed by atoms with E-state index in [1.54, 1.807) is 11.3 Å². The lowest BCUT2D eigenvalue weighted by atomic mass is 9.97. The van der Waals surface area contributed by atoms with Crippen molar-refractivity contribution < 1.29 is 5.11 Å². The van der Waals surface area contributed by atoms with Crippen LogP contribution in [0.5, 0.6) is 0 Å². The molecule has 4 nitrogen and oxygen atoms in total. The number of anilines is 1. The van der Waals surface area contributed by atoms with Crippen LogP contribution < -0.4 is 4.90 Å². The third kappa shape index (κ3) is 4.00. The Balaban J connectivity index is 1.93. The van der Waals surface area contributed by atoms with Gasteiger partial charge in [0.25, 0.3) is 0 Å². The van der Waals surface area contributed by atoms with Gasteiger partial charge >= 0.3 is 0 Å². The second-order valence-corrected chi connectivity index (χ2v) is 9.08. The van der Waals surface area contributed by atoms with E-state index in [0.29, 0.717) is 11.3 Å². The summed E-state index contributed by atoms with van der Waals surface area (Å²) in [4.78, 5) is 14.0. The normalized spacial score (nSPS) is 17.2. The van der Waals surface area contributed by atoms with Crippen molar-refractivity contribution in [3.63, 3.8) is 0 Å². The lowest BCUT2D eigenvalue weighted by molar-refractivity contribution is 0.262. The van der Waals surface area contributed by atoms with Crippen molar-refractivity contribution in [1.82, 2.24) is 9.97 Å². The number of nitrogens with zero attached hydrogens (tertiary/aromatic N) is 3. The molecule has 4 rings (SSSR count). The first-order valence-corrected chi connectivity index (χ1v) is 11.8. The second kappa shape index (κ2) is 8.99. The van der Waals surface area contributed by atoms with E-state index in [0.717, 1.165) is 54.7 Å². The maximum atomic E-state index is 9.59. The molecule has 1 N–H and O–H groups in total. The Morgan fingerprint density at radius 1 is 1.14 bits per heavy atom. The Morgan fingerprint density at radius 3 is 2.62 bits per heavy atom. The Bertz CT molecular complexity index is 984. The topological polar surface area (TPSA) is 49.2 Å². The number of benzene rings is 1. The average molecular weight is 430 g/mol. The van der Waals surface area contributed by atoms with Crippen LogP contribution in [0.4, 0.5) is 5.82 Å². The number of hydrogen-bond acceptors (Lipinski definition) is 5. The highest BCUT2D eigenvalue weighted by molar-refractivity contribution is 7.19. The Labute approximate surface area is 181 Å². The average Bonchev–Trinajstić information content (AvgIpc) is 3.12. The van der Waals surface area contributed by atoms with Crippen LogP contribution in [0.15, 0.2) is 24.3 Å². The van der Waals surface area contributed by atoms with Crippen molar-refractivity contribution in [2.75, 3.05) is 18.1 Å². The number of rotatable bonds is 6. The largest absolute Gasteiger partial charge is 0.396 e. The lowest BCUT2D eigenvalue weighted by Gasteiger charge is -2.37. The standard InChI is InChI=1S/C23H28ClN3OS/c1-3-15-8-10-16(11-9-15)19-18(4-2)29-22-20(19)21(25-23(24)26-22)27-13-6-5-7-17(27)12-14-28/h8-11,17,28H,3-7,12-14H2,1-2H3. The molecule has 0 amide bonds. The van der Waals surface area contributed by atoms with E-state index in [-0.39, 0.29) is 6.61 Å². The summed E-state index contributed by atoms with van der Waals surface area (Å²) in [6, 6.07) is 9.16. The number of aliphatic hydroxyl groups excluding tert-OH is 1. The van der Waals surface area contributed by atoms with Gasteiger partial charge in [0.2, 0.25) is 5.28 Å². The number of aliphatic hydroxyl groups is 1. The van der Waals surface area contributed by atoms with Crippen LogP contribution >= 0.6 is 22.9 Å². The number of halogens is 1. The number of fused-ring (bicyclic) bond motifs is 1. The van der Waals surface area contributed by atoms with Gasteiger partial charge in [-0.05, 0) is 61.3 Å². The van der Waals surface area contributed by atoms with Gasteiger partial charge in [-0.3, -0.25) is 0 Å². The highest BCUT2D eigenvalue weighted by atomic mass is 35.5. The maximum absolute atomic E-state index is 9.59.